The molecule has 1 saturated heterocycles. The van der Waals surface area contributed by atoms with Crippen LogP contribution < -0.4 is 5.32 Å². The normalized spacial score (nSPS) is 21.7. The number of hydrogen-bond donors (Lipinski definition) is 1. The Kier molecular flexibility index (Phi) is 6.88. The van der Waals surface area contributed by atoms with Crippen molar-refractivity contribution in [3.63, 3.8) is 0 Å². The standard InChI is InChI=1S/C16H26N6.HI/c1-14-11-19-22(12-14)10-6-18-16(17-2)21-9-5-15(13-21)20-7-3-4-8-20;/h3-4,11-12,15H,5-10,13H2,1-2H3,(H,17,18);1H. The van der Waals surface area contributed by atoms with Crippen molar-refractivity contribution in [3.8, 4) is 0 Å². The topological polar surface area (TPSA) is 48.7 Å². The molecule has 0 spiro atoms. The van der Waals surface area contributed by atoms with Crippen molar-refractivity contribution >= 4 is 29.9 Å². The van der Waals surface area contributed by atoms with E-state index in [0.717, 1.165) is 45.2 Å². The van der Waals surface area contributed by atoms with Crippen molar-refractivity contribution in [1.29, 1.82) is 0 Å². The minimum absolute atomic E-state index is 0. The average Bonchev–Trinajstić information content (AvgIpc) is 3.24. The highest BCUT2D eigenvalue weighted by Crippen LogP contribution is 2.17. The summed E-state index contributed by atoms with van der Waals surface area (Å²) in [5.74, 6) is 1.01. The fourth-order valence-electron chi connectivity index (χ4n) is 3.23. The third-order valence-corrected chi connectivity index (χ3v) is 4.42. The molecule has 6 nitrogen and oxygen atoms in total. The van der Waals surface area contributed by atoms with E-state index in [9.17, 15) is 0 Å². The van der Waals surface area contributed by atoms with Crippen molar-refractivity contribution in [2.24, 2.45) is 4.99 Å². The van der Waals surface area contributed by atoms with Gasteiger partial charge >= 0.3 is 0 Å². The number of guanidine groups is 1. The highest BCUT2D eigenvalue weighted by molar-refractivity contribution is 14.0. The first-order valence-corrected chi connectivity index (χ1v) is 8.10. The third-order valence-electron chi connectivity index (χ3n) is 4.42. The first-order valence-electron chi connectivity index (χ1n) is 8.10. The Morgan fingerprint density at radius 2 is 2.17 bits per heavy atom. The summed E-state index contributed by atoms with van der Waals surface area (Å²) in [5.41, 5.74) is 1.20. The molecular formula is C16H27IN6. The molecule has 0 saturated carbocycles. The van der Waals surface area contributed by atoms with E-state index in [1.54, 1.807) is 0 Å². The lowest BCUT2D eigenvalue weighted by molar-refractivity contribution is 0.259. The van der Waals surface area contributed by atoms with Crippen LogP contribution in [0.5, 0.6) is 0 Å². The van der Waals surface area contributed by atoms with Crippen LogP contribution in [0, 0.1) is 6.92 Å². The fourth-order valence-corrected chi connectivity index (χ4v) is 3.23. The van der Waals surface area contributed by atoms with Crippen LogP contribution in [0.2, 0.25) is 0 Å². The number of nitrogens with zero attached hydrogens (tertiary/aromatic N) is 5. The zero-order chi connectivity index (χ0) is 15.4. The highest BCUT2D eigenvalue weighted by Gasteiger charge is 2.29. The van der Waals surface area contributed by atoms with Crippen LogP contribution in [0.25, 0.3) is 0 Å². The van der Waals surface area contributed by atoms with Crippen LogP contribution in [0.3, 0.4) is 0 Å². The van der Waals surface area contributed by atoms with E-state index in [4.69, 9.17) is 0 Å². The molecule has 1 fully saturated rings. The Morgan fingerprint density at radius 3 is 2.83 bits per heavy atom. The molecule has 128 valence electrons. The second kappa shape index (κ2) is 8.68. The molecule has 3 rings (SSSR count). The first kappa shape index (κ1) is 18.3. The highest BCUT2D eigenvalue weighted by atomic mass is 127. The quantitative estimate of drug-likeness (QED) is 0.339. The van der Waals surface area contributed by atoms with Gasteiger partial charge in [0.05, 0.1) is 12.7 Å². The van der Waals surface area contributed by atoms with Gasteiger partial charge < -0.3 is 10.2 Å². The molecule has 2 aliphatic rings. The molecule has 0 radical (unpaired) electrons. The van der Waals surface area contributed by atoms with Crippen molar-refractivity contribution in [1.82, 2.24) is 24.9 Å². The summed E-state index contributed by atoms with van der Waals surface area (Å²) in [7, 11) is 1.87. The predicted molar refractivity (Wildman–Crippen MR) is 104 cm³/mol. The van der Waals surface area contributed by atoms with Gasteiger partial charge in [0.15, 0.2) is 5.96 Å². The molecule has 0 amide bonds. The zero-order valence-corrected chi connectivity index (χ0v) is 16.3. The van der Waals surface area contributed by atoms with Gasteiger partial charge in [0.2, 0.25) is 0 Å². The molecule has 1 atom stereocenters. The molecule has 1 aromatic heterocycles. The molecule has 0 bridgehead atoms. The van der Waals surface area contributed by atoms with Crippen molar-refractivity contribution < 1.29 is 0 Å². The summed E-state index contributed by atoms with van der Waals surface area (Å²) < 4.78 is 1.97. The molecule has 1 unspecified atom stereocenters. The number of aromatic nitrogens is 2. The Morgan fingerprint density at radius 1 is 1.39 bits per heavy atom. The third kappa shape index (κ3) is 4.69. The number of hydrogen-bond acceptors (Lipinski definition) is 3. The lowest BCUT2D eigenvalue weighted by Crippen LogP contribution is -2.43. The van der Waals surface area contributed by atoms with E-state index >= 15 is 0 Å². The average molecular weight is 430 g/mol. The van der Waals surface area contributed by atoms with Crippen LogP contribution in [0.4, 0.5) is 0 Å². The van der Waals surface area contributed by atoms with Gasteiger partial charge in [-0.2, -0.15) is 5.10 Å². The van der Waals surface area contributed by atoms with E-state index in [1.807, 2.05) is 17.9 Å². The maximum Gasteiger partial charge on any atom is 0.193 e. The Balaban J connectivity index is 0.00000192. The molecule has 23 heavy (non-hydrogen) atoms. The van der Waals surface area contributed by atoms with E-state index in [1.165, 1.54) is 12.0 Å². The zero-order valence-electron chi connectivity index (χ0n) is 14.0. The van der Waals surface area contributed by atoms with Crippen LogP contribution in [-0.2, 0) is 6.54 Å². The smallest absolute Gasteiger partial charge is 0.193 e. The van der Waals surface area contributed by atoms with Gasteiger partial charge in [0.1, 0.15) is 0 Å². The number of aryl methyl sites for hydroxylation is 1. The molecule has 1 N–H and O–H groups in total. The second-order valence-electron chi connectivity index (χ2n) is 6.07. The van der Waals surface area contributed by atoms with Crippen LogP contribution in [0.1, 0.15) is 12.0 Å². The van der Waals surface area contributed by atoms with E-state index in [0.29, 0.717) is 6.04 Å². The second-order valence-corrected chi connectivity index (χ2v) is 6.07. The lowest BCUT2D eigenvalue weighted by atomic mass is 10.2. The van der Waals surface area contributed by atoms with Crippen LogP contribution in [0.15, 0.2) is 29.5 Å². The maximum atomic E-state index is 4.44. The Hall–Kier alpha value is -1.09. The van der Waals surface area contributed by atoms with Crippen LogP contribution in [-0.4, -0.2) is 71.4 Å². The number of likely N-dealkylation sites (tertiary alicyclic amines) is 1. The summed E-state index contributed by atoms with van der Waals surface area (Å²) >= 11 is 0. The summed E-state index contributed by atoms with van der Waals surface area (Å²) in [6.45, 7) is 8.13. The number of halogens is 1. The van der Waals surface area contributed by atoms with Gasteiger partial charge in [-0.1, -0.05) is 12.2 Å². The summed E-state index contributed by atoms with van der Waals surface area (Å²) in [6.07, 6.45) is 9.71. The molecular weight excluding hydrogens is 403 g/mol. The largest absolute Gasteiger partial charge is 0.354 e. The Labute approximate surface area is 155 Å². The Bertz CT molecular complexity index is 545. The predicted octanol–water partition coefficient (Wildman–Crippen LogP) is 1.33. The van der Waals surface area contributed by atoms with Crippen molar-refractivity contribution in [2.45, 2.75) is 25.9 Å². The number of nitrogens with one attached hydrogen (secondary N) is 1. The fraction of sp³-hybridized carbons (Fsp3) is 0.625. The molecule has 0 aliphatic carbocycles. The number of aliphatic imine (C=N–C) groups is 1. The van der Waals surface area contributed by atoms with Crippen LogP contribution >= 0.6 is 24.0 Å². The maximum absolute atomic E-state index is 4.44. The van der Waals surface area contributed by atoms with Gasteiger partial charge in [0, 0.05) is 52.0 Å². The minimum Gasteiger partial charge on any atom is -0.354 e. The van der Waals surface area contributed by atoms with E-state index < -0.39 is 0 Å². The number of rotatable bonds is 4. The minimum atomic E-state index is 0. The molecule has 3 heterocycles. The summed E-state index contributed by atoms with van der Waals surface area (Å²) in [6, 6.07) is 0.655. The van der Waals surface area contributed by atoms with Crippen molar-refractivity contribution in [2.75, 3.05) is 39.8 Å². The monoisotopic (exact) mass is 430 g/mol. The van der Waals surface area contributed by atoms with Gasteiger partial charge in [-0.15, -0.1) is 24.0 Å². The molecule has 1 aromatic rings. The van der Waals surface area contributed by atoms with E-state index in [2.05, 4.69) is 50.5 Å². The van der Waals surface area contributed by atoms with Gasteiger partial charge in [0.25, 0.3) is 0 Å². The summed E-state index contributed by atoms with van der Waals surface area (Å²) in [4.78, 5) is 9.35. The lowest BCUT2D eigenvalue weighted by Gasteiger charge is -2.25. The van der Waals surface area contributed by atoms with Gasteiger partial charge in [-0.3, -0.25) is 14.6 Å². The summed E-state index contributed by atoms with van der Waals surface area (Å²) in [5, 5.41) is 7.77. The van der Waals surface area contributed by atoms with Gasteiger partial charge in [-0.25, -0.2) is 0 Å². The molecule has 0 aromatic carbocycles. The molecule has 7 heteroatoms. The first-order chi connectivity index (χ1) is 10.8. The SMILES string of the molecule is CN=C(NCCn1cc(C)cn1)N1CCC(N2CC=CC2)C1.I. The van der Waals surface area contributed by atoms with E-state index in [-0.39, 0.29) is 24.0 Å². The van der Waals surface area contributed by atoms with Crippen molar-refractivity contribution in [3.05, 3.63) is 30.1 Å². The van der Waals surface area contributed by atoms with Gasteiger partial charge in [-0.05, 0) is 18.9 Å². The molecule has 2 aliphatic heterocycles.